The van der Waals surface area contributed by atoms with Crippen LogP contribution in [0, 0.1) is 17.7 Å². The van der Waals surface area contributed by atoms with Crippen molar-refractivity contribution in [2.24, 2.45) is 11.8 Å². The Kier molecular flexibility index (Phi) is 4.46. The van der Waals surface area contributed by atoms with Crippen molar-refractivity contribution in [2.75, 3.05) is 0 Å². The third kappa shape index (κ3) is 3.47. The van der Waals surface area contributed by atoms with Gasteiger partial charge in [-0.1, -0.05) is 13.8 Å². The van der Waals surface area contributed by atoms with Crippen molar-refractivity contribution in [3.63, 3.8) is 0 Å². The predicted molar refractivity (Wildman–Crippen MR) is 73.6 cm³/mol. The molecule has 19 heavy (non-hydrogen) atoms. The van der Waals surface area contributed by atoms with Crippen LogP contribution in [0.5, 0.6) is 5.75 Å². The molecular weight excluding hydrogens is 243 g/mol. The summed E-state index contributed by atoms with van der Waals surface area (Å²) in [5.74, 6) is 1.52. The molecule has 1 aromatic rings. The summed E-state index contributed by atoms with van der Waals surface area (Å²) in [7, 11) is 0. The molecule has 0 aromatic heterocycles. The molecule has 1 aliphatic carbocycles. The molecule has 0 amide bonds. The fourth-order valence-corrected chi connectivity index (χ4v) is 2.74. The lowest BCUT2D eigenvalue weighted by molar-refractivity contribution is 0.0954. The molecule has 4 atom stereocenters. The van der Waals surface area contributed by atoms with Crippen molar-refractivity contribution < 1.29 is 14.2 Å². The Morgan fingerprint density at radius 2 is 2.00 bits per heavy atom. The largest absolute Gasteiger partial charge is 0.490 e. The number of aliphatic hydroxyl groups is 1. The molecule has 3 heteroatoms. The summed E-state index contributed by atoms with van der Waals surface area (Å²) in [6, 6.07) is 4.34. The monoisotopic (exact) mass is 266 g/mol. The fraction of sp³-hybridized carbons (Fsp3) is 0.625. The molecule has 1 aliphatic rings. The molecule has 0 saturated heterocycles. The number of ether oxygens (including phenoxy) is 1. The molecule has 1 fully saturated rings. The smallest absolute Gasteiger partial charge is 0.128 e. The van der Waals surface area contributed by atoms with Crippen LogP contribution in [-0.4, -0.2) is 11.2 Å². The zero-order valence-electron chi connectivity index (χ0n) is 11.9. The van der Waals surface area contributed by atoms with Crippen LogP contribution in [0.4, 0.5) is 4.39 Å². The molecule has 1 saturated carbocycles. The van der Waals surface area contributed by atoms with E-state index in [-0.39, 0.29) is 11.9 Å². The van der Waals surface area contributed by atoms with Crippen molar-refractivity contribution in [3.05, 3.63) is 29.6 Å². The predicted octanol–water partition coefficient (Wildman–Crippen LogP) is 4.08. The second-order valence-corrected chi connectivity index (χ2v) is 5.87. The van der Waals surface area contributed by atoms with Crippen molar-refractivity contribution in [1.82, 2.24) is 0 Å². The average Bonchev–Trinajstić information content (AvgIpc) is 2.33. The van der Waals surface area contributed by atoms with Gasteiger partial charge in [0.2, 0.25) is 0 Å². The third-order valence-electron chi connectivity index (χ3n) is 4.27. The Labute approximate surface area is 114 Å². The quantitative estimate of drug-likeness (QED) is 0.893. The molecule has 106 valence electrons. The van der Waals surface area contributed by atoms with E-state index in [1.807, 2.05) is 0 Å². The highest BCUT2D eigenvalue weighted by Crippen LogP contribution is 2.34. The zero-order chi connectivity index (χ0) is 14.0. The maximum atomic E-state index is 13.3. The molecular formula is C16H23FO2. The number of rotatable bonds is 3. The average molecular weight is 266 g/mol. The van der Waals surface area contributed by atoms with E-state index in [0.717, 1.165) is 25.2 Å². The number of hydrogen-bond donors (Lipinski definition) is 1. The lowest BCUT2D eigenvalue weighted by Crippen LogP contribution is -2.29. The fourth-order valence-electron chi connectivity index (χ4n) is 2.74. The van der Waals surface area contributed by atoms with E-state index in [0.29, 0.717) is 17.2 Å². The van der Waals surface area contributed by atoms with E-state index in [9.17, 15) is 9.50 Å². The second-order valence-electron chi connectivity index (χ2n) is 5.87. The molecule has 0 aliphatic heterocycles. The minimum absolute atomic E-state index is 0.130. The van der Waals surface area contributed by atoms with Crippen molar-refractivity contribution in [2.45, 2.75) is 52.2 Å². The second kappa shape index (κ2) is 5.91. The van der Waals surface area contributed by atoms with Crippen LogP contribution in [0.1, 0.15) is 51.7 Å². The summed E-state index contributed by atoms with van der Waals surface area (Å²) in [5.41, 5.74) is 0.660. The zero-order valence-corrected chi connectivity index (χ0v) is 11.9. The molecule has 1 N–H and O–H groups in total. The Morgan fingerprint density at radius 1 is 1.26 bits per heavy atom. The highest BCUT2D eigenvalue weighted by atomic mass is 19.1. The molecule has 0 radical (unpaired) electrons. The van der Waals surface area contributed by atoms with Gasteiger partial charge in [-0.3, -0.25) is 0 Å². The maximum Gasteiger partial charge on any atom is 0.128 e. The summed E-state index contributed by atoms with van der Waals surface area (Å²) in [5, 5.41) is 9.72. The Balaban J connectivity index is 2.12. The van der Waals surface area contributed by atoms with Gasteiger partial charge in [0.05, 0.1) is 12.2 Å². The Hall–Kier alpha value is -1.09. The Morgan fingerprint density at radius 3 is 2.63 bits per heavy atom. The minimum Gasteiger partial charge on any atom is -0.490 e. The van der Waals surface area contributed by atoms with E-state index in [4.69, 9.17) is 4.74 Å². The topological polar surface area (TPSA) is 29.5 Å². The molecule has 0 heterocycles. The van der Waals surface area contributed by atoms with Crippen LogP contribution < -0.4 is 4.74 Å². The normalized spacial score (nSPS) is 29.0. The van der Waals surface area contributed by atoms with Crippen molar-refractivity contribution in [1.29, 1.82) is 0 Å². The van der Waals surface area contributed by atoms with Gasteiger partial charge >= 0.3 is 0 Å². The van der Waals surface area contributed by atoms with Gasteiger partial charge in [0.1, 0.15) is 11.6 Å². The SMILES string of the molecule is CC1CCC(Oc2cc(F)ccc2[C@@H](C)O)CC1C. The van der Waals surface area contributed by atoms with Crippen LogP contribution in [0.3, 0.4) is 0 Å². The number of benzene rings is 1. The number of aliphatic hydroxyl groups excluding tert-OH is 1. The van der Waals surface area contributed by atoms with Gasteiger partial charge in [-0.15, -0.1) is 0 Å². The summed E-state index contributed by atoms with van der Waals surface area (Å²) < 4.78 is 19.3. The van der Waals surface area contributed by atoms with Crippen molar-refractivity contribution >= 4 is 0 Å². The highest BCUT2D eigenvalue weighted by Gasteiger charge is 2.26. The summed E-state index contributed by atoms with van der Waals surface area (Å²) in [6.45, 7) is 6.18. The van der Waals surface area contributed by atoms with Crippen LogP contribution in [-0.2, 0) is 0 Å². The maximum absolute atomic E-state index is 13.3. The first-order valence-electron chi connectivity index (χ1n) is 7.11. The van der Waals surface area contributed by atoms with Gasteiger partial charge in [-0.2, -0.15) is 0 Å². The van der Waals surface area contributed by atoms with Crippen LogP contribution in [0.15, 0.2) is 18.2 Å². The number of hydrogen-bond acceptors (Lipinski definition) is 2. The van der Waals surface area contributed by atoms with Crippen LogP contribution >= 0.6 is 0 Å². The van der Waals surface area contributed by atoms with E-state index in [2.05, 4.69) is 13.8 Å². The first kappa shape index (κ1) is 14.3. The van der Waals surface area contributed by atoms with E-state index < -0.39 is 6.10 Å². The minimum atomic E-state index is -0.643. The lowest BCUT2D eigenvalue weighted by atomic mass is 9.80. The standard InChI is InChI=1S/C16H23FO2/c1-10-4-6-14(8-11(10)2)19-16-9-13(17)5-7-15(16)12(3)18/h5,7,9-12,14,18H,4,6,8H2,1-3H3/t10?,11?,12-,14?/m1/s1. The van der Waals surface area contributed by atoms with Gasteiger partial charge in [0, 0.05) is 11.6 Å². The van der Waals surface area contributed by atoms with Gasteiger partial charge < -0.3 is 9.84 Å². The third-order valence-corrected chi connectivity index (χ3v) is 4.27. The lowest BCUT2D eigenvalue weighted by Gasteiger charge is -2.32. The van der Waals surface area contributed by atoms with Gasteiger partial charge in [-0.25, -0.2) is 4.39 Å². The van der Waals surface area contributed by atoms with Crippen molar-refractivity contribution in [3.8, 4) is 5.75 Å². The summed E-state index contributed by atoms with van der Waals surface area (Å²) >= 11 is 0. The highest BCUT2D eigenvalue weighted by molar-refractivity contribution is 5.35. The molecule has 3 unspecified atom stereocenters. The summed E-state index contributed by atoms with van der Waals surface area (Å²) in [6.07, 6.45) is 2.63. The van der Waals surface area contributed by atoms with Gasteiger partial charge in [0.15, 0.2) is 0 Å². The van der Waals surface area contributed by atoms with Crippen LogP contribution in [0.2, 0.25) is 0 Å². The van der Waals surface area contributed by atoms with Gasteiger partial charge in [-0.05, 0) is 50.2 Å². The van der Waals surface area contributed by atoms with E-state index in [1.54, 1.807) is 13.0 Å². The molecule has 1 aromatic carbocycles. The molecule has 2 rings (SSSR count). The molecule has 0 spiro atoms. The van der Waals surface area contributed by atoms with Crippen LogP contribution in [0.25, 0.3) is 0 Å². The van der Waals surface area contributed by atoms with E-state index >= 15 is 0 Å². The number of halogens is 1. The van der Waals surface area contributed by atoms with Gasteiger partial charge in [0.25, 0.3) is 0 Å². The first-order chi connectivity index (χ1) is 8.97. The molecule has 0 bridgehead atoms. The first-order valence-corrected chi connectivity index (χ1v) is 7.11. The summed E-state index contributed by atoms with van der Waals surface area (Å²) in [4.78, 5) is 0. The Bertz CT molecular complexity index is 431. The van der Waals surface area contributed by atoms with E-state index in [1.165, 1.54) is 12.1 Å². The molecule has 2 nitrogen and oxygen atoms in total.